The minimum absolute atomic E-state index is 0.0596. The summed E-state index contributed by atoms with van der Waals surface area (Å²) in [5.41, 5.74) is 2.22. The van der Waals surface area contributed by atoms with Crippen molar-refractivity contribution in [2.75, 3.05) is 6.61 Å². The quantitative estimate of drug-likeness (QED) is 0.780. The van der Waals surface area contributed by atoms with Crippen LogP contribution in [-0.4, -0.2) is 24.7 Å². The van der Waals surface area contributed by atoms with E-state index in [0.717, 1.165) is 11.3 Å². The van der Waals surface area contributed by atoms with Gasteiger partial charge in [-0.1, -0.05) is 31.5 Å². The Morgan fingerprint density at radius 3 is 2.55 bits per heavy atom. The predicted octanol–water partition coefficient (Wildman–Crippen LogP) is 2.82. The molecule has 1 N–H and O–H groups in total. The minimum atomic E-state index is -0.344. The molecule has 0 heterocycles. The van der Waals surface area contributed by atoms with Crippen molar-refractivity contribution in [2.45, 2.75) is 53.3 Å². The summed E-state index contributed by atoms with van der Waals surface area (Å²) in [5, 5.41) is 3.35. The molecule has 0 saturated carbocycles. The van der Waals surface area contributed by atoms with Crippen molar-refractivity contribution < 1.29 is 14.3 Å². The summed E-state index contributed by atoms with van der Waals surface area (Å²) in [5.74, 6) is 0.382. The van der Waals surface area contributed by atoms with Crippen molar-refractivity contribution in [3.05, 3.63) is 29.3 Å². The fourth-order valence-electron chi connectivity index (χ4n) is 1.73. The fraction of sp³-hybridized carbons (Fsp3) is 0.562. The number of hydrogen-bond donors (Lipinski definition) is 1. The van der Waals surface area contributed by atoms with Crippen LogP contribution in [0.1, 0.15) is 38.8 Å². The van der Waals surface area contributed by atoms with E-state index in [-0.39, 0.29) is 18.7 Å². The first-order valence-electron chi connectivity index (χ1n) is 7.03. The first-order valence-corrected chi connectivity index (χ1v) is 7.03. The van der Waals surface area contributed by atoms with Gasteiger partial charge in [0.15, 0.2) is 6.61 Å². The molecule has 0 atom stereocenters. The molecule has 0 aliphatic rings. The molecule has 1 aromatic carbocycles. The Labute approximate surface area is 121 Å². The second kappa shape index (κ2) is 7.90. The van der Waals surface area contributed by atoms with Gasteiger partial charge in [0, 0.05) is 18.2 Å². The Bertz CT molecular complexity index is 441. The summed E-state index contributed by atoms with van der Waals surface area (Å²) in [7, 11) is 0. The lowest BCUT2D eigenvalue weighted by Crippen LogP contribution is -2.23. The molecule has 20 heavy (non-hydrogen) atoms. The van der Waals surface area contributed by atoms with Gasteiger partial charge in [-0.3, -0.25) is 0 Å². The summed E-state index contributed by atoms with van der Waals surface area (Å²) in [6.07, 6.45) is -0.119. The van der Waals surface area contributed by atoms with Crippen molar-refractivity contribution in [1.29, 1.82) is 0 Å². The van der Waals surface area contributed by atoms with Gasteiger partial charge in [0.1, 0.15) is 5.75 Å². The number of benzene rings is 1. The van der Waals surface area contributed by atoms with Gasteiger partial charge in [0.05, 0.1) is 6.10 Å². The van der Waals surface area contributed by atoms with E-state index in [2.05, 4.69) is 25.2 Å². The molecular weight excluding hydrogens is 254 g/mol. The number of aryl methyl sites for hydroxylation is 1. The number of carbonyl (C=O) groups excluding carboxylic acids is 1. The maximum absolute atomic E-state index is 11.5. The number of ether oxygens (including phenoxy) is 2. The van der Waals surface area contributed by atoms with E-state index in [4.69, 9.17) is 9.47 Å². The standard InChI is InChI=1S/C16H25NO3/c1-11(2)17-9-14-8-13(5)6-7-15(14)19-10-16(18)20-12(3)4/h6-8,11-12,17H,9-10H2,1-5H3. The first kappa shape index (κ1) is 16.5. The normalized spacial score (nSPS) is 10.9. The van der Waals surface area contributed by atoms with Crippen LogP contribution in [0.25, 0.3) is 0 Å². The highest BCUT2D eigenvalue weighted by Gasteiger charge is 2.10. The molecule has 0 bridgehead atoms. The zero-order valence-corrected chi connectivity index (χ0v) is 13.0. The van der Waals surface area contributed by atoms with Gasteiger partial charge >= 0.3 is 5.97 Å². The number of esters is 1. The third-order valence-electron chi connectivity index (χ3n) is 2.63. The maximum atomic E-state index is 11.5. The van der Waals surface area contributed by atoms with Crippen molar-refractivity contribution in [1.82, 2.24) is 5.32 Å². The fourth-order valence-corrected chi connectivity index (χ4v) is 1.73. The van der Waals surface area contributed by atoms with Gasteiger partial charge in [0.2, 0.25) is 0 Å². The number of hydrogen-bond acceptors (Lipinski definition) is 4. The van der Waals surface area contributed by atoms with Gasteiger partial charge in [-0.2, -0.15) is 0 Å². The summed E-state index contributed by atoms with van der Waals surface area (Å²) in [6, 6.07) is 6.34. The second-order valence-corrected chi connectivity index (χ2v) is 5.47. The molecule has 4 heteroatoms. The van der Waals surface area contributed by atoms with Crippen LogP contribution in [0.3, 0.4) is 0 Å². The van der Waals surface area contributed by atoms with Crippen LogP contribution >= 0.6 is 0 Å². The van der Waals surface area contributed by atoms with E-state index >= 15 is 0 Å². The zero-order valence-electron chi connectivity index (χ0n) is 13.0. The molecule has 112 valence electrons. The number of nitrogens with one attached hydrogen (secondary N) is 1. The number of rotatable bonds is 7. The predicted molar refractivity (Wildman–Crippen MR) is 79.9 cm³/mol. The van der Waals surface area contributed by atoms with Crippen molar-refractivity contribution >= 4 is 5.97 Å². The molecule has 0 aliphatic heterocycles. The SMILES string of the molecule is Cc1ccc(OCC(=O)OC(C)C)c(CNC(C)C)c1. The van der Waals surface area contributed by atoms with Gasteiger partial charge in [-0.05, 0) is 26.8 Å². The molecule has 0 saturated heterocycles. The average molecular weight is 279 g/mol. The van der Waals surface area contributed by atoms with Crippen LogP contribution in [0.4, 0.5) is 0 Å². The van der Waals surface area contributed by atoms with Gasteiger partial charge in [-0.25, -0.2) is 4.79 Å². The van der Waals surface area contributed by atoms with E-state index in [1.165, 1.54) is 5.56 Å². The first-order chi connectivity index (χ1) is 9.38. The maximum Gasteiger partial charge on any atom is 0.344 e. The van der Waals surface area contributed by atoms with Crippen LogP contribution in [0.2, 0.25) is 0 Å². The minimum Gasteiger partial charge on any atom is -0.482 e. The van der Waals surface area contributed by atoms with Gasteiger partial charge < -0.3 is 14.8 Å². The largest absolute Gasteiger partial charge is 0.482 e. The molecule has 0 aliphatic carbocycles. The van der Waals surface area contributed by atoms with Crippen LogP contribution < -0.4 is 10.1 Å². The monoisotopic (exact) mass is 279 g/mol. The summed E-state index contributed by atoms with van der Waals surface area (Å²) >= 11 is 0. The third-order valence-corrected chi connectivity index (χ3v) is 2.63. The average Bonchev–Trinajstić information content (AvgIpc) is 2.34. The van der Waals surface area contributed by atoms with Crippen molar-refractivity contribution in [3.63, 3.8) is 0 Å². The summed E-state index contributed by atoms with van der Waals surface area (Å²) in [6.45, 7) is 10.5. The molecule has 1 rings (SSSR count). The van der Waals surface area contributed by atoms with E-state index in [1.54, 1.807) is 0 Å². The Kier molecular flexibility index (Phi) is 6.52. The van der Waals surface area contributed by atoms with E-state index in [1.807, 2.05) is 32.9 Å². The zero-order chi connectivity index (χ0) is 15.1. The Hall–Kier alpha value is -1.55. The smallest absolute Gasteiger partial charge is 0.344 e. The molecule has 4 nitrogen and oxygen atoms in total. The molecule has 0 radical (unpaired) electrons. The molecular formula is C16H25NO3. The topological polar surface area (TPSA) is 47.6 Å². The van der Waals surface area contributed by atoms with Gasteiger partial charge in [-0.15, -0.1) is 0 Å². The molecule has 1 aromatic rings. The Morgan fingerprint density at radius 1 is 1.25 bits per heavy atom. The Balaban J connectivity index is 2.66. The summed E-state index contributed by atoms with van der Waals surface area (Å²) < 4.78 is 10.6. The lowest BCUT2D eigenvalue weighted by atomic mass is 10.1. The lowest BCUT2D eigenvalue weighted by Gasteiger charge is -2.15. The highest BCUT2D eigenvalue weighted by Crippen LogP contribution is 2.20. The highest BCUT2D eigenvalue weighted by molar-refractivity contribution is 5.71. The highest BCUT2D eigenvalue weighted by atomic mass is 16.6. The summed E-state index contributed by atoms with van der Waals surface area (Å²) in [4.78, 5) is 11.5. The van der Waals surface area contributed by atoms with E-state index in [9.17, 15) is 4.79 Å². The van der Waals surface area contributed by atoms with Gasteiger partial charge in [0.25, 0.3) is 0 Å². The molecule has 0 spiro atoms. The third kappa shape index (κ3) is 6.06. The Morgan fingerprint density at radius 2 is 1.95 bits per heavy atom. The van der Waals surface area contributed by atoms with Crippen LogP contribution in [0, 0.1) is 6.92 Å². The van der Waals surface area contributed by atoms with Crippen molar-refractivity contribution in [2.24, 2.45) is 0 Å². The molecule has 0 amide bonds. The molecule has 0 fully saturated rings. The second-order valence-electron chi connectivity index (χ2n) is 5.47. The number of carbonyl (C=O) groups is 1. The van der Waals surface area contributed by atoms with Crippen LogP contribution in [0.5, 0.6) is 5.75 Å². The van der Waals surface area contributed by atoms with E-state index < -0.39 is 0 Å². The van der Waals surface area contributed by atoms with Crippen LogP contribution in [-0.2, 0) is 16.1 Å². The van der Waals surface area contributed by atoms with Crippen molar-refractivity contribution in [3.8, 4) is 5.75 Å². The van der Waals surface area contributed by atoms with Crippen LogP contribution in [0.15, 0.2) is 18.2 Å². The van der Waals surface area contributed by atoms with E-state index in [0.29, 0.717) is 12.6 Å². The lowest BCUT2D eigenvalue weighted by molar-refractivity contribution is -0.149. The molecule has 0 unspecified atom stereocenters. The molecule has 0 aromatic heterocycles.